The van der Waals surface area contributed by atoms with E-state index in [4.69, 9.17) is 0 Å². The number of hydrogen-bond acceptors (Lipinski definition) is 3. The number of halogens is 1. The molecule has 0 radical (unpaired) electrons. The third-order valence-electron chi connectivity index (χ3n) is 5.85. The fraction of sp³-hybridized carbons (Fsp3) is 0.292. The Morgan fingerprint density at radius 2 is 1.83 bits per heavy atom. The van der Waals surface area contributed by atoms with Gasteiger partial charge in [-0.15, -0.1) is 0 Å². The van der Waals surface area contributed by atoms with Crippen molar-refractivity contribution >= 4 is 5.91 Å². The van der Waals surface area contributed by atoms with Crippen LogP contribution in [0.4, 0.5) is 4.39 Å². The second-order valence-corrected chi connectivity index (χ2v) is 7.87. The minimum Gasteiger partial charge on any atom is -0.508 e. The maximum absolute atomic E-state index is 13.2. The summed E-state index contributed by atoms with van der Waals surface area (Å²) in [6.45, 7) is 0. The van der Waals surface area contributed by atoms with Crippen LogP contribution < -0.4 is 5.32 Å². The van der Waals surface area contributed by atoms with Crippen LogP contribution >= 0.6 is 0 Å². The smallest absolute Gasteiger partial charge is 0.226 e. The molecule has 3 atom stereocenters. The third kappa shape index (κ3) is 4.10. The Kier molecular flexibility index (Phi) is 5.24. The molecule has 2 aliphatic rings. The van der Waals surface area contributed by atoms with Crippen LogP contribution in [-0.4, -0.2) is 16.1 Å². The maximum Gasteiger partial charge on any atom is 0.226 e. The molecule has 1 fully saturated rings. The highest BCUT2D eigenvalue weighted by molar-refractivity contribution is 5.86. The number of β-lactam (4-membered cyclic amide) rings is 1. The normalized spacial score (nSPS) is 25.9. The van der Waals surface area contributed by atoms with E-state index in [0.29, 0.717) is 12.0 Å². The van der Waals surface area contributed by atoms with Crippen molar-refractivity contribution in [3.63, 3.8) is 0 Å². The van der Waals surface area contributed by atoms with Gasteiger partial charge in [0.2, 0.25) is 5.91 Å². The van der Waals surface area contributed by atoms with E-state index in [0.717, 1.165) is 30.4 Å². The summed E-state index contributed by atoms with van der Waals surface area (Å²) in [4.78, 5) is 12.0. The predicted molar refractivity (Wildman–Crippen MR) is 108 cm³/mol. The minimum absolute atomic E-state index is 0.0144. The number of amides is 1. The van der Waals surface area contributed by atoms with Crippen molar-refractivity contribution in [2.75, 3.05) is 0 Å². The molecule has 0 spiro atoms. The molecule has 0 aromatic heterocycles. The quantitative estimate of drug-likeness (QED) is 0.642. The van der Waals surface area contributed by atoms with Gasteiger partial charge in [-0.3, -0.25) is 4.79 Å². The molecular weight excluding hydrogens is 369 g/mol. The van der Waals surface area contributed by atoms with Gasteiger partial charge in [-0.05, 0) is 60.7 Å². The average Bonchev–Trinajstić information content (AvgIpc) is 2.71. The van der Waals surface area contributed by atoms with Crippen molar-refractivity contribution in [2.24, 2.45) is 5.92 Å². The number of nitrogens with one attached hydrogen (secondary N) is 1. The number of aliphatic hydroxyl groups is 1. The van der Waals surface area contributed by atoms with Crippen molar-refractivity contribution in [2.45, 2.75) is 37.3 Å². The van der Waals surface area contributed by atoms with Gasteiger partial charge in [0.25, 0.3) is 0 Å². The zero-order valence-corrected chi connectivity index (χ0v) is 16.0. The zero-order valence-electron chi connectivity index (χ0n) is 16.0. The number of carbonyl (C=O) groups is 1. The van der Waals surface area contributed by atoms with Gasteiger partial charge in [-0.25, -0.2) is 4.39 Å². The number of phenolic OH excluding ortho intramolecular Hbond substituents is 1. The van der Waals surface area contributed by atoms with E-state index in [9.17, 15) is 19.4 Å². The first-order chi connectivity index (χ1) is 13.9. The molecule has 5 heteroatoms. The van der Waals surface area contributed by atoms with Crippen LogP contribution in [0.5, 0.6) is 5.75 Å². The van der Waals surface area contributed by atoms with Gasteiger partial charge in [-0.1, -0.05) is 42.0 Å². The standard InChI is InChI=1S/C24H24FNO3/c25-19-10-8-18(9-11-19)24(29)14-2-4-16(15-24)3-1-5-21-22(26-23(21)28)17-6-12-20(27)13-7-17/h2,4,6-14,21-22,27,29H,1,3,5,15H2,(H,26,28)/t21-,22?,24?/m0/s1. The van der Waals surface area contributed by atoms with Crippen molar-refractivity contribution in [3.05, 3.63) is 89.3 Å². The van der Waals surface area contributed by atoms with E-state index in [1.807, 2.05) is 24.3 Å². The lowest BCUT2D eigenvalue weighted by Gasteiger charge is -2.37. The summed E-state index contributed by atoms with van der Waals surface area (Å²) in [5.41, 5.74) is 1.66. The molecule has 1 amide bonds. The summed E-state index contributed by atoms with van der Waals surface area (Å²) < 4.78 is 13.2. The van der Waals surface area contributed by atoms with Crippen LogP contribution in [0.2, 0.25) is 0 Å². The highest BCUT2D eigenvalue weighted by atomic mass is 19.1. The zero-order chi connectivity index (χ0) is 20.4. The van der Waals surface area contributed by atoms with Crippen LogP contribution in [-0.2, 0) is 10.4 Å². The lowest BCUT2D eigenvalue weighted by Crippen LogP contribution is -2.51. The Balaban J connectivity index is 1.34. The monoisotopic (exact) mass is 393 g/mol. The molecule has 1 aliphatic carbocycles. The molecule has 0 bridgehead atoms. The van der Waals surface area contributed by atoms with Crippen molar-refractivity contribution in [1.82, 2.24) is 5.32 Å². The van der Waals surface area contributed by atoms with Gasteiger partial charge in [0.1, 0.15) is 17.2 Å². The Morgan fingerprint density at radius 3 is 2.52 bits per heavy atom. The summed E-state index contributed by atoms with van der Waals surface area (Å²) in [5, 5.41) is 23.4. The van der Waals surface area contributed by atoms with Crippen LogP contribution in [0.3, 0.4) is 0 Å². The molecule has 150 valence electrons. The summed E-state index contributed by atoms with van der Waals surface area (Å²) in [6.07, 6.45) is 8.45. The van der Waals surface area contributed by atoms with E-state index in [2.05, 4.69) is 5.32 Å². The third-order valence-corrected chi connectivity index (χ3v) is 5.85. The summed E-state index contributed by atoms with van der Waals surface area (Å²) in [6, 6.07) is 12.9. The SMILES string of the molecule is O=C1NC(c2ccc(O)cc2)[C@@H]1CCCC1=CC=CC(O)(c2ccc(F)cc2)C1. The van der Waals surface area contributed by atoms with E-state index < -0.39 is 5.60 Å². The second kappa shape index (κ2) is 7.84. The maximum atomic E-state index is 13.2. The lowest BCUT2D eigenvalue weighted by molar-refractivity contribution is -0.135. The molecular formula is C24H24FNO3. The van der Waals surface area contributed by atoms with Crippen molar-refractivity contribution in [3.8, 4) is 5.75 Å². The van der Waals surface area contributed by atoms with Gasteiger partial charge in [-0.2, -0.15) is 0 Å². The van der Waals surface area contributed by atoms with Gasteiger partial charge in [0, 0.05) is 6.42 Å². The van der Waals surface area contributed by atoms with Crippen LogP contribution in [0.25, 0.3) is 0 Å². The van der Waals surface area contributed by atoms with E-state index in [-0.39, 0.29) is 29.4 Å². The van der Waals surface area contributed by atoms with Crippen LogP contribution in [0.1, 0.15) is 42.9 Å². The Bertz CT molecular complexity index is 949. The number of phenols is 1. The van der Waals surface area contributed by atoms with Crippen LogP contribution in [0.15, 0.2) is 72.3 Å². The highest BCUT2D eigenvalue weighted by Crippen LogP contribution is 2.38. The fourth-order valence-electron chi connectivity index (χ4n) is 4.18. The summed E-state index contributed by atoms with van der Waals surface area (Å²) in [7, 11) is 0. The summed E-state index contributed by atoms with van der Waals surface area (Å²) >= 11 is 0. The number of carbonyl (C=O) groups excluding carboxylic acids is 1. The first kappa shape index (κ1) is 19.4. The molecule has 0 saturated carbocycles. The summed E-state index contributed by atoms with van der Waals surface area (Å²) in [5.74, 6) is -0.129. The Hall–Kier alpha value is -2.92. The van der Waals surface area contributed by atoms with Crippen LogP contribution in [0, 0.1) is 11.7 Å². The lowest BCUT2D eigenvalue weighted by atomic mass is 9.79. The first-order valence-electron chi connectivity index (χ1n) is 9.90. The molecule has 1 aliphatic heterocycles. The highest BCUT2D eigenvalue weighted by Gasteiger charge is 2.39. The number of hydrogen-bond donors (Lipinski definition) is 3. The molecule has 2 unspecified atom stereocenters. The molecule has 2 aromatic rings. The molecule has 1 heterocycles. The van der Waals surface area contributed by atoms with E-state index in [1.54, 1.807) is 30.3 Å². The van der Waals surface area contributed by atoms with Gasteiger partial charge < -0.3 is 15.5 Å². The van der Waals surface area contributed by atoms with Gasteiger partial charge in [0.15, 0.2) is 0 Å². The molecule has 2 aromatic carbocycles. The second-order valence-electron chi connectivity index (χ2n) is 7.87. The number of allylic oxidation sites excluding steroid dienone is 2. The molecule has 4 rings (SSSR count). The molecule has 3 N–H and O–H groups in total. The Labute approximate surface area is 169 Å². The number of rotatable bonds is 6. The van der Waals surface area contributed by atoms with Crippen molar-refractivity contribution in [1.29, 1.82) is 0 Å². The topological polar surface area (TPSA) is 69.6 Å². The molecule has 29 heavy (non-hydrogen) atoms. The Morgan fingerprint density at radius 1 is 1.10 bits per heavy atom. The van der Waals surface area contributed by atoms with Gasteiger partial charge >= 0.3 is 0 Å². The number of aromatic hydroxyl groups is 1. The first-order valence-corrected chi connectivity index (χ1v) is 9.90. The average molecular weight is 393 g/mol. The fourth-order valence-corrected chi connectivity index (χ4v) is 4.18. The minimum atomic E-state index is -1.12. The van der Waals surface area contributed by atoms with Gasteiger partial charge in [0.05, 0.1) is 12.0 Å². The predicted octanol–water partition coefficient (Wildman–Crippen LogP) is 4.26. The van der Waals surface area contributed by atoms with E-state index >= 15 is 0 Å². The molecule has 1 saturated heterocycles. The van der Waals surface area contributed by atoms with Crippen molar-refractivity contribution < 1.29 is 19.4 Å². The van der Waals surface area contributed by atoms with E-state index in [1.165, 1.54) is 12.1 Å². The number of benzene rings is 2. The molecule has 4 nitrogen and oxygen atoms in total. The largest absolute Gasteiger partial charge is 0.508 e.